The molecule has 10 heteroatoms. The molecule has 1 aliphatic carbocycles. The lowest BCUT2D eigenvalue weighted by atomic mass is 9.88. The molecule has 0 radical (unpaired) electrons. The molecule has 1 aliphatic rings. The Balaban J connectivity index is 1.55. The summed E-state index contributed by atoms with van der Waals surface area (Å²) in [6.07, 6.45) is 2.57. The molecule has 34 heavy (non-hydrogen) atoms. The van der Waals surface area contributed by atoms with E-state index < -0.39 is 21.8 Å². The summed E-state index contributed by atoms with van der Waals surface area (Å²) in [6.45, 7) is 2.16. The van der Waals surface area contributed by atoms with Crippen LogP contribution >= 0.6 is 11.3 Å². The highest BCUT2D eigenvalue weighted by Crippen LogP contribution is 2.39. The molecule has 4 rings (SSSR count). The lowest BCUT2D eigenvalue weighted by molar-refractivity contribution is 0.1000. The second-order valence-corrected chi connectivity index (χ2v) is 11.0. The number of primary amides is 1. The average molecular weight is 500 g/mol. The molecule has 0 saturated carbocycles. The summed E-state index contributed by atoms with van der Waals surface area (Å²) in [4.78, 5) is 26.2. The number of hydrogen-bond donors (Lipinski definition) is 3. The quantitative estimate of drug-likeness (QED) is 0.452. The number of fused-ring (bicyclic) bond motifs is 1. The summed E-state index contributed by atoms with van der Waals surface area (Å²) in [5.74, 6) is 0.0199. The van der Waals surface area contributed by atoms with Gasteiger partial charge in [-0.3, -0.25) is 14.3 Å². The van der Waals surface area contributed by atoms with E-state index in [1.54, 1.807) is 30.3 Å². The normalized spacial score (nSPS) is 15.3. The zero-order chi connectivity index (χ0) is 24.5. The number of carbonyl (C=O) groups is 2. The van der Waals surface area contributed by atoms with Crippen molar-refractivity contribution in [3.63, 3.8) is 0 Å². The Hall–Kier alpha value is -3.37. The van der Waals surface area contributed by atoms with Crippen LogP contribution in [0, 0.1) is 5.92 Å². The van der Waals surface area contributed by atoms with E-state index in [4.69, 9.17) is 10.5 Å². The molecule has 0 spiro atoms. The zero-order valence-corrected chi connectivity index (χ0v) is 20.4. The predicted octanol–water partition coefficient (Wildman–Crippen LogP) is 4.03. The van der Waals surface area contributed by atoms with Crippen LogP contribution in [0.1, 0.15) is 44.5 Å². The molecule has 4 N–H and O–H groups in total. The Morgan fingerprint density at radius 1 is 1.15 bits per heavy atom. The monoisotopic (exact) mass is 499 g/mol. The number of thiophene rings is 1. The minimum Gasteiger partial charge on any atom is -0.497 e. The molecule has 0 saturated heterocycles. The Kier molecular flexibility index (Phi) is 6.63. The number of nitrogens with one attached hydrogen (secondary N) is 2. The molecule has 1 aromatic heterocycles. The number of rotatable bonds is 7. The van der Waals surface area contributed by atoms with Gasteiger partial charge in [0.1, 0.15) is 10.8 Å². The van der Waals surface area contributed by atoms with Crippen LogP contribution < -0.4 is 20.5 Å². The highest BCUT2D eigenvalue weighted by molar-refractivity contribution is 7.92. The molecular weight excluding hydrogens is 474 g/mol. The standard InChI is InChI=1S/C24H25N3O5S2/c1-14-6-11-19-20(12-14)33-24(21(19)22(25)28)26-23(29)15-4-3-5-16(13-15)27-34(30,31)18-9-7-17(32-2)8-10-18/h3-5,7-10,13-14,27H,6,11-12H2,1-2H3,(H2,25,28)(H,26,29)/t14-/m1/s1. The van der Waals surface area contributed by atoms with Crippen molar-refractivity contribution in [3.8, 4) is 5.75 Å². The van der Waals surface area contributed by atoms with Crippen molar-refractivity contribution in [2.24, 2.45) is 11.7 Å². The van der Waals surface area contributed by atoms with Crippen LogP contribution in [0.5, 0.6) is 5.75 Å². The van der Waals surface area contributed by atoms with Crippen molar-refractivity contribution >= 4 is 43.9 Å². The van der Waals surface area contributed by atoms with Gasteiger partial charge in [-0.05, 0) is 73.2 Å². The average Bonchev–Trinajstić information content (AvgIpc) is 3.16. The molecule has 1 atom stereocenters. The van der Waals surface area contributed by atoms with Gasteiger partial charge in [0.15, 0.2) is 0 Å². The van der Waals surface area contributed by atoms with E-state index >= 15 is 0 Å². The number of methoxy groups -OCH3 is 1. The molecule has 3 aromatic rings. The summed E-state index contributed by atoms with van der Waals surface area (Å²) < 4.78 is 33.0. The zero-order valence-electron chi connectivity index (χ0n) is 18.8. The van der Waals surface area contributed by atoms with Gasteiger partial charge < -0.3 is 15.8 Å². The van der Waals surface area contributed by atoms with Crippen LogP contribution in [0.4, 0.5) is 10.7 Å². The molecule has 2 aromatic carbocycles. The minimum absolute atomic E-state index is 0.0626. The van der Waals surface area contributed by atoms with Gasteiger partial charge >= 0.3 is 0 Å². The number of nitrogens with two attached hydrogens (primary N) is 1. The summed E-state index contributed by atoms with van der Waals surface area (Å²) in [5, 5.41) is 3.23. The fraction of sp³-hybridized carbons (Fsp3) is 0.250. The Morgan fingerprint density at radius 2 is 1.88 bits per heavy atom. The maximum atomic E-state index is 13.0. The lowest BCUT2D eigenvalue weighted by Crippen LogP contribution is -2.19. The number of carbonyl (C=O) groups excluding carboxylic acids is 2. The third-order valence-electron chi connectivity index (χ3n) is 5.73. The predicted molar refractivity (Wildman–Crippen MR) is 132 cm³/mol. The van der Waals surface area contributed by atoms with Crippen LogP contribution in [0.3, 0.4) is 0 Å². The largest absolute Gasteiger partial charge is 0.497 e. The third kappa shape index (κ3) is 4.92. The smallest absolute Gasteiger partial charge is 0.261 e. The van der Waals surface area contributed by atoms with Crippen LogP contribution in [0.2, 0.25) is 0 Å². The topological polar surface area (TPSA) is 128 Å². The van der Waals surface area contributed by atoms with Crippen molar-refractivity contribution in [3.05, 3.63) is 70.1 Å². The summed E-state index contributed by atoms with van der Waals surface area (Å²) >= 11 is 1.38. The van der Waals surface area contributed by atoms with E-state index in [1.165, 1.54) is 36.6 Å². The Labute approximate surface area is 202 Å². The second kappa shape index (κ2) is 9.47. The molecule has 1 heterocycles. The van der Waals surface area contributed by atoms with Crippen molar-refractivity contribution in [2.75, 3.05) is 17.1 Å². The first-order valence-electron chi connectivity index (χ1n) is 10.7. The summed E-state index contributed by atoms with van der Waals surface area (Å²) in [6, 6.07) is 12.1. The van der Waals surface area contributed by atoms with Gasteiger partial charge in [-0.15, -0.1) is 11.3 Å². The molecule has 0 fully saturated rings. The second-order valence-electron chi connectivity index (χ2n) is 8.24. The molecule has 8 nitrogen and oxygen atoms in total. The highest BCUT2D eigenvalue weighted by atomic mass is 32.2. The lowest BCUT2D eigenvalue weighted by Gasteiger charge is -2.18. The van der Waals surface area contributed by atoms with Gasteiger partial charge in [-0.2, -0.15) is 0 Å². The molecule has 0 aliphatic heterocycles. The van der Waals surface area contributed by atoms with Gasteiger partial charge in [0.2, 0.25) is 0 Å². The third-order valence-corrected chi connectivity index (χ3v) is 8.30. The SMILES string of the molecule is COc1ccc(S(=O)(=O)Nc2cccc(C(=O)Nc3sc4c(c3C(N)=O)CC[C@@H](C)C4)c2)cc1. The first kappa shape index (κ1) is 23.8. The Morgan fingerprint density at radius 3 is 2.56 bits per heavy atom. The van der Waals surface area contributed by atoms with Crippen molar-refractivity contribution in [1.82, 2.24) is 0 Å². The first-order chi connectivity index (χ1) is 16.2. The van der Waals surface area contributed by atoms with E-state index in [9.17, 15) is 18.0 Å². The maximum Gasteiger partial charge on any atom is 0.261 e. The highest BCUT2D eigenvalue weighted by Gasteiger charge is 2.27. The number of amides is 2. The van der Waals surface area contributed by atoms with Gasteiger partial charge in [-0.1, -0.05) is 13.0 Å². The molecule has 178 valence electrons. The number of benzene rings is 2. The number of sulfonamides is 1. The van der Waals surface area contributed by atoms with Crippen LogP contribution in [0.15, 0.2) is 53.4 Å². The fourth-order valence-electron chi connectivity index (χ4n) is 3.97. The molecule has 2 amide bonds. The number of anilines is 2. The van der Waals surface area contributed by atoms with Gasteiger partial charge in [-0.25, -0.2) is 8.42 Å². The molecular formula is C24H25N3O5S2. The maximum absolute atomic E-state index is 13.0. The fourth-order valence-corrected chi connectivity index (χ4v) is 6.43. The van der Waals surface area contributed by atoms with E-state index in [0.29, 0.717) is 22.2 Å². The van der Waals surface area contributed by atoms with E-state index in [0.717, 1.165) is 29.7 Å². The van der Waals surface area contributed by atoms with Gasteiger partial charge in [0.05, 0.1) is 17.6 Å². The molecule has 0 bridgehead atoms. The summed E-state index contributed by atoms with van der Waals surface area (Å²) in [7, 11) is -2.36. The van der Waals surface area contributed by atoms with Crippen LogP contribution in [-0.4, -0.2) is 27.3 Å². The van der Waals surface area contributed by atoms with Crippen LogP contribution in [-0.2, 0) is 22.9 Å². The summed E-state index contributed by atoms with van der Waals surface area (Å²) in [5.41, 5.74) is 7.40. The van der Waals surface area contributed by atoms with E-state index in [1.807, 2.05) is 0 Å². The number of hydrogen-bond acceptors (Lipinski definition) is 6. The number of ether oxygens (including phenoxy) is 1. The van der Waals surface area contributed by atoms with Gasteiger partial charge in [0, 0.05) is 16.1 Å². The van der Waals surface area contributed by atoms with Gasteiger partial charge in [0.25, 0.3) is 21.8 Å². The Bertz CT molecular complexity index is 1350. The van der Waals surface area contributed by atoms with Crippen molar-refractivity contribution in [1.29, 1.82) is 0 Å². The van der Waals surface area contributed by atoms with Crippen molar-refractivity contribution < 1.29 is 22.7 Å². The van der Waals surface area contributed by atoms with E-state index in [-0.39, 0.29) is 16.1 Å². The van der Waals surface area contributed by atoms with Crippen LogP contribution in [0.25, 0.3) is 0 Å². The first-order valence-corrected chi connectivity index (χ1v) is 13.0. The molecule has 0 unspecified atom stereocenters. The minimum atomic E-state index is -3.86. The van der Waals surface area contributed by atoms with E-state index in [2.05, 4.69) is 17.0 Å². The van der Waals surface area contributed by atoms with Crippen molar-refractivity contribution in [2.45, 2.75) is 31.1 Å².